The Morgan fingerprint density at radius 3 is 2.71 bits per heavy atom. The molecule has 0 aliphatic heterocycles. The van der Waals surface area contributed by atoms with E-state index in [4.69, 9.17) is 0 Å². The minimum absolute atomic E-state index is 0.141. The maximum absolute atomic E-state index is 13.8. The van der Waals surface area contributed by atoms with E-state index >= 15 is 0 Å². The maximum atomic E-state index is 13.8. The summed E-state index contributed by atoms with van der Waals surface area (Å²) < 4.78 is 15.5. The Bertz CT molecular complexity index is 865. The summed E-state index contributed by atoms with van der Waals surface area (Å²) in [6, 6.07) is 13.1. The molecular weight excluding hydrogens is 311 g/mol. The third-order valence-electron chi connectivity index (χ3n) is 3.70. The molecule has 1 N–H and O–H groups in total. The van der Waals surface area contributed by atoms with E-state index in [0.29, 0.717) is 0 Å². The van der Waals surface area contributed by atoms with E-state index in [1.807, 2.05) is 43.5 Å². The number of nitrogens with one attached hydrogen (secondary N) is 1. The molecule has 6 nitrogen and oxygen atoms in total. The molecular formula is C17H15FN4O2. The summed E-state index contributed by atoms with van der Waals surface area (Å²) >= 11 is 0. The number of anilines is 1. The van der Waals surface area contributed by atoms with Gasteiger partial charge in [-0.2, -0.15) is 9.49 Å². The van der Waals surface area contributed by atoms with E-state index in [-0.39, 0.29) is 11.7 Å². The van der Waals surface area contributed by atoms with Gasteiger partial charge >= 0.3 is 5.69 Å². The highest BCUT2D eigenvalue weighted by Crippen LogP contribution is 2.31. The molecule has 0 aliphatic carbocycles. The summed E-state index contributed by atoms with van der Waals surface area (Å²) in [5, 5.41) is 18.4. The largest absolute Gasteiger partial charge is 0.373 e. The summed E-state index contributed by atoms with van der Waals surface area (Å²) in [4.78, 5) is 10.4. The van der Waals surface area contributed by atoms with Gasteiger partial charge in [0.05, 0.1) is 16.7 Å². The Labute approximate surface area is 137 Å². The fourth-order valence-corrected chi connectivity index (χ4v) is 2.60. The van der Waals surface area contributed by atoms with Gasteiger partial charge in [-0.3, -0.25) is 10.1 Å². The lowest BCUT2D eigenvalue weighted by molar-refractivity contribution is -0.386. The van der Waals surface area contributed by atoms with E-state index in [9.17, 15) is 14.5 Å². The predicted molar refractivity (Wildman–Crippen MR) is 88.7 cm³/mol. The van der Waals surface area contributed by atoms with Gasteiger partial charge in [0.2, 0.25) is 5.82 Å². The van der Waals surface area contributed by atoms with Crippen LogP contribution in [0.25, 0.3) is 5.69 Å². The number of hydrogen-bond donors (Lipinski definition) is 1. The zero-order valence-electron chi connectivity index (χ0n) is 12.9. The Morgan fingerprint density at radius 2 is 2.00 bits per heavy atom. The van der Waals surface area contributed by atoms with Gasteiger partial charge in [-0.05, 0) is 36.8 Å². The molecule has 3 rings (SSSR count). The van der Waals surface area contributed by atoms with Crippen LogP contribution in [-0.2, 0) is 0 Å². The number of hydrogen-bond acceptors (Lipinski definition) is 4. The molecule has 0 saturated carbocycles. The van der Waals surface area contributed by atoms with Gasteiger partial charge in [-0.25, -0.2) is 4.68 Å². The number of rotatable bonds is 5. The summed E-state index contributed by atoms with van der Waals surface area (Å²) in [6.45, 7) is 1.86. The van der Waals surface area contributed by atoms with Gasteiger partial charge in [0.1, 0.15) is 5.69 Å². The van der Waals surface area contributed by atoms with Crippen LogP contribution in [0.1, 0.15) is 18.5 Å². The third kappa shape index (κ3) is 2.96. The van der Waals surface area contributed by atoms with Gasteiger partial charge < -0.3 is 5.32 Å². The standard InChI is InChI=1S/C17H15FN4O2/c1-12(20-15-8-4-7-14(18)17(15)22(23)24)13-6-2-3-9-16(13)21-11-5-10-19-21/h2-12,20H,1H3. The molecule has 0 bridgehead atoms. The molecule has 1 unspecified atom stereocenters. The smallest absolute Gasteiger partial charge is 0.327 e. The number of para-hydroxylation sites is 2. The Morgan fingerprint density at radius 1 is 1.21 bits per heavy atom. The summed E-state index contributed by atoms with van der Waals surface area (Å²) in [7, 11) is 0. The van der Waals surface area contributed by atoms with Gasteiger partial charge in [0.15, 0.2) is 0 Å². The van der Waals surface area contributed by atoms with Crippen molar-refractivity contribution in [2.75, 3.05) is 5.32 Å². The minimum atomic E-state index is -0.863. The highest BCUT2D eigenvalue weighted by Gasteiger charge is 2.22. The first kappa shape index (κ1) is 15.7. The fraction of sp³-hybridized carbons (Fsp3) is 0.118. The number of benzene rings is 2. The van der Waals surface area contributed by atoms with Crippen LogP contribution in [0.15, 0.2) is 60.9 Å². The minimum Gasteiger partial charge on any atom is -0.373 e. The van der Waals surface area contributed by atoms with Crippen molar-refractivity contribution in [1.29, 1.82) is 0 Å². The topological polar surface area (TPSA) is 73.0 Å². The molecule has 0 spiro atoms. The molecule has 122 valence electrons. The fourth-order valence-electron chi connectivity index (χ4n) is 2.60. The van der Waals surface area contributed by atoms with Crippen molar-refractivity contribution in [3.8, 4) is 5.69 Å². The van der Waals surface area contributed by atoms with Gasteiger partial charge in [-0.1, -0.05) is 24.3 Å². The number of nitrogens with zero attached hydrogens (tertiary/aromatic N) is 3. The normalized spacial score (nSPS) is 11.9. The van der Waals surface area contributed by atoms with E-state index in [0.717, 1.165) is 17.3 Å². The Kier molecular flexibility index (Phi) is 4.24. The molecule has 3 aromatic rings. The first-order valence-corrected chi connectivity index (χ1v) is 7.36. The number of halogens is 1. The van der Waals surface area contributed by atoms with Crippen LogP contribution in [0.3, 0.4) is 0 Å². The second-order valence-electron chi connectivity index (χ2n) is 5.27. The molecule has 2 aromatic carbocycles. The van der Waals surface area contributed by atoms with Crippen molar-refractivity contribution in [2.45, 2.75) is 13.0 Å². The quantitative estimate of drug-likeness (QED) is 0.566. The van der Waals surface area contributed by atoms with Gasteiger partial charge in [-0.15, -0.1) is 0 Å². The molecule has 0 aliphatic rings. The molecule has 7 heteroatoms. The summed E-state index contributed by atoms with van der Waals surface area (Å²) in [5.41, 5.74) is 1.32. The number of aromatic nitrogens is 2. The molecule has 0 radical (unpaired) electrons. The second-order valence-corrected chi connectivity index (χ2v) is 5.27. The molecule has 1 atom stereocenters. The maximum Gasteiger partial charge on any atom is 0.327 e. The second kappa shape index (κ2) is 6.49. The summed E-state index contributed by atoms with van der Waals surface area (Å²) in [5.74, 6) is -0.863. The number of nitro benzene ring substituents is 1. The van der Waals surface area contributed by atoms with Crippen LogP contribution in [0, 0.1) is 15.9 Å². The average molecular weight is 326 g/mol. The average Bonchev–Trinajstić information content (AvgIpc) is 3.09. The number of nitro groups is 1. The SMILES string of the molecule is CC(Nc1cccc(F)c1[N+](=O)[O-])c1ccccc1-n1cccn1. The zero-order chi connectivity index (χ0) is 17.1. The van der Waals surface area contributed by atoms with Crippen LogP contribution in [0.2, 0.25) is 0 Å². The van der Waals surface area contributed by atoms with Crippen molar-refractivity contribution >= 4 is 11.4 Å². The molecule has 24 heavy (non-hydrogen) atoms. The highest BCUT2D eigenvalue weighted by atomic mass is 19.1. The lowest BCUT2D eigenvalue weighted by Crippen LogP contribution is -2.12. The predicted octanol–water partition coefficient (Wildman–Crippen LogP) is 4.09. The first-order valence-electron chi connectivity index (χ1n) is 7.36. The van der Waals surface area contributed by atoms with Crippen LogP contribution >= 0.6 is 0 Å². The Hall–Kier alpha value is -3.22. The Balaban J connectivity index is 1.97. The van der Waals surface area contributed by atoms with Crippen LogP contribution in [0.4, 0.5) is 15.8 Å². The van der Waals surface area contributed by atoms with E-state index in [1.54, 1.807) is 10.9 Å². The first-order chi connectivity index (χ1) is 11.6. The molecule has 1 aromatic heterocycles. The van der Waals surface area contributed by atoms with E-state index in [2.05, 4.69) is 10.4 Å². The van der Waals surface area contributed by atoms with Crippen molar-refractivity contribution in [3.05, 3.63) is 82.4 Å². The van der Waals surface area contributed by atoms with Crippen molar-refractivity contribution < 1.29 is 9.31 Å². The molecule has 0 fully saturated rings. The molecule has 0 saturated heterocycles. The molecule has 1 heterocycles. The van der Waals surface area contributed by atoms with E-state index < -0.39 is 16.4 Å². The summed E-state index contributed by atoms with van der Waals surface area (Å²) in [6.07, 6.45) is 3.49. The van der Waals surface area contributed by atoms with Crippen molar-refractivity contribution in [3.63, 3.8) is 0 Å². The monoisotopic (exact) mass is 326 g/mol. The third-order valence-corrected chi connectivity index (χ3v) is 3.70. The van der Waals surface area contributed by atoms with Gasteiger partial charge in [0, 0.05) is 12.4 Å². The van der Waals surface area contributed by atoms with Crippen molar-refractivity contribution in [1.82, 2.24) is 9.78 Å². The van der Waals surface area contributed by atoms with Gasteiger partial charge in [0.25, 0.3) is 0 Å². The zero-order valence-corrected chi connectivity index (χ0v) is 12.9. The van der Waals surface area contributed by atoms with Crippen LogP contribution in [0.5, 0.6) is 0 Å². The van der Waals surface area contributed by atoms with E-state index in [1.165, 1.54) is 12.1 Å². The van der Waals surface area contributed by atoms with Crippen LogP contribution in [-0.4, -0.2) is 14.7 Å². The molecule has 0 amide bonds. The van der Waals surface area contributed by atoms with Crippen molar-refractivity contribution in [2.24, 2.45) is 0 Å². The lowest BCUT2D eigenvalue weighted by atomic mass is 10.1. The lowest BCUT2D eigenvalue weighted by Gasteiger charge is -2.19. The highest BCUT2D eigenvalue weighted by molar-refractivity contribution is 5.63. The van der Waals surface area contributed by atoms with Crippen LogP contribution < -0.4 is 5.32 Å².